The summed E-state index contributed by atoms with van der Waals surface area (Å²) in [6, 6.07) is 7.45. The van der Waals surface area contributed by atoms with E-state index in [2.05, 4.69) is 20.9 Å². The van der Waals surface area contributed by atoms with E-state index in [1.165, 1.54) is 4.73 Å². The Morgan fingerprint density at radius 2 is 2.05 bits per heavy atom. The van der Waals surface area contributed by atoms with Gasteiger partial charge < -0.3 is 9.94 Å². The minimum Gasteiger partial charge on any atom is -0.476 e. The summed E-state index contributed by atoms with van der Waals surface area (Å²) in [5, 5.41) is 9.23. The zero-order chi connectivity index (χ0) is 14.0. The van der Waals surface area contributed by atoms with Crippen LogP contribution in [0.25, 0.3) is 11.4 Å². The first-order chi connectivity index (χ1) is 9.04. The molecule has 0 aliphatic rings. The predicted octanol–water partition coefficient (Wildman–Crippen LogP) is 2.77. The van der Waals surface area contributed by atoms with Crippen molar-refractivity contribution in [1.82, 2.24) is 9.71 Å². The number of rotatable bonds is 4. The molecule has 0 radical (unpaired) electrons. The molecule has 0 bridgehead atoms. The molecular formula is C13H13BrN2O3. The fourth-order valence-electron chi connectivity index (χ4n) is 1.79. The lowest BCUT2D eigenvalue weighted by Gasteiger charge is -2.09. The van der Waals surface area contributed by atoms with Crippen molar-refractivity contribution >= 4 is 21.9 Å². The van der Waals surface area contributed by atoms with Crippen molar-refractivity contribution in [2.75, 3.05) is 6.61 Å². The molecule has 6 heteroatoms. The summed E-state index contributed by atoms with van der Waals surface area (Å²) in [5.74, 6) is -0.564. The van der Waals surface area contributed by atoms with Crippen LogP contribution < -0.4 is 4.84 Å². The van der Waals surface area contributed by atoms with Crippen molar-refractivity contribution in [3.05, 3.63) is 40.1 Å². The molecule has 0 saturated heterocycles. The molecule has 0 fully saturated rings. The van der Waals surface area contributed by atoms with Crippen LogP contribution in [0.3, 0.4) is 0 Å². The summed E-state index contributed by atoms with van der Waals surface area (Å²) in [5.41, 5.74) is 1.28. The molecule has 100 valence electrons. The molecule has 0 spiro atoms. The summed E-state index contributed by atoms with van der Waals surface area (Å²) in [7, 11) is 0. The maximum Gasteiger partial charge on any atom is 0.357 e. The minimum absolute atomic E-state index is 0.0553. The Morgan fingerprint density at radius 3 is 2.58 bits per heavy atom. The van der Waals surface area contributed by atoms with E-state index >= 15 is 0 Å². The molecule has 0 aliphatic heterocycles. The lowest BCUT2D eigenvalue weighted by Crippen LogP contribution is -2.18. The first kappa shape index (κ1) is 13.6. The predicted molar refractivity (Wildman–Crippen MR) is 74.2 cm³/mol. The van der Waals surface area contributed by atoms with Crippen LogP contribution in [0.15, 0.2) is 28.7 Å². The van der Waals surface area contributed by atoms with Gasteiger partial charge in [-0.05, 0) is 26.0 Å². The van der Waals surface area contributed by atoms with Crippen LogP contribution in [0.5, 0.6) is 0 Å². The summed E-state index contributed by atoms with van der Waals surface area (Å²) >= 11 is 3.36. The fourth-order valence-corrected chi connectivity index (χ4v) is 2.05. The van der Waals surface area contributed by atoms with Gasteiger partial charge in [-0.1, -0.05) is 28.1 Å². The molecule has 2 rings (SSSR count). The zero-order valence-electron chi connectivity index (χ0n) is 10.6. The van der Waals surface area contributed by atoms with Gasteiger partial charge in [0, 0.05) is 10.0 Å². The second-order valence-corrected chi connectivity index (χ2v) is 4.81. The highest BCUT2D eigenvalue weighted by Gasteiger charge is 2.22. The van der Waals surface area contributed by atoms with Gasteiger partial charge in [-0.3, -0.25) is 0 Å². The molecule has 0 atom stereocenters. The van der Waals surface area contributed by atoms with E-state index in [-0.39, 0.29) is 5.69 Å². The van der Waals surface area contributed by atoms with Crippen LogP contribution in [-0.2, 0) is 0 Å². The molecule has 1 heterocycles. The molecule has 19 heavy (non-hydrogen) atoms. The largest absolute Gasteiger partial charge is 0.476 e. The van der Waals surface area contributed by atoms with Crippen LogP contribution in [0.2, 0.25) is 0 Å². The number of nitrogens with zero attached hydrogens (tertiary/aromatic N) is 2. The van der Waals surface area contributed by atoms with Crippen molar-refractivity contribution in [3.63, 3.8) is 0 Å². The van der Waals surface area contributed by atoms with Crippen molar-refractivity contribution in [2.45, 2.75) is 13.8 Å². The zero-order valence-corrected chi connectivity index (χ0v) is 12.1. The van der Waals surface area contributed by atoms with Gasteiger partial charge >= 0.3 is 5.97 Å². The summed E-state index contributed by atoms with van der Waals surface area (Å²) in [6.45, 7) is 3.81. The average Bonchev–Trinajstić information content (AvgIpc) is 2.68. The van der Waals surface area contributed by atoms with E-state index < -0.39 is 5.97 Å². The number of aryl methyl sites for hydroxylation is 1. The van der Waals surface area contributed by atoms with Gasteiger partial charge in [-0.25, -0.2) is 9.78 Å². The summed E-state index contributed by atoms with van der Waals surface area (Å²) in [6.07, 6.45) is 0. The van der Waals surface area contributed by atoms with Crippen LogP contribution in [-0.4, -0.2) is 27.4 Å². The monoisotopic (exact) mass is 324 g/mol. The third-order valence-electron chi connectivity index (χ3n) is 2.57. The number of carbonyl (C=O) groups is 1. The Labute approximate surface area is 118 Å². The number of carboxylic acids is 1. The fraction of sp³-hybridized carbons (Fsp3) is 0.231. The van der Waals surface area contributed by atoms with E-state index in [0.717, 1.165) is 10.0 Å². The molecule has 5 nitrogen and oxygen atoms in total. The third kappa shape index (κ3) is 2.63. The van der Waals surface area contributed by atoms with E-state index in [1.54, 1.807) is 13.8 Å². The van der Waals surface area contributed by atoms with Crippen molar-refractivity contribution in [3.8, 4) is 11.4 Å². The van der Waals surface area contributed by atoms with Crippen LogP contribution in [0.4, 0.5) is 0 Å². The first-order valence-corrected chi connectivity index (χ1v) is 6.55. The Balaban J connectivity index is 2.59. The highest BCUT2D eigenvalue weighted by Crippen LogP contribution is 2.23. The van der Waals surface area contributed by atoms with Crippen LogP contribution in [0.1, 0.15) is 23.1 Å². The molecule has 2 aromatic rings. The molecule has 1 N–H and O–H groups in total. The molecule has 1 aromatic heterocycles. The van der Waals surface area contributed by atoms with Gasteiger partial charge in [0.2, 0.25) is 0 Å². The van der Waals surface area contributed by atoms with E-state index in [0.29, 0.717) is 18.1 Å². The maximum absolute atomic E-state index is 11.3. The second-order valence-electron chi connectivity index (χ2n) is 3.89. The molecule has 0 aliphatic carbocycles. The number of aromatic nitrogens is 2. The number of imidazole rings is 1. The molecule has 0 unspecified atom stereocenters. The topological polar surface area (TPSA) is 64.4 Å². The SMILES string of the molecule is CCOn1c(-c2ccc(Br)cc2)nc(C)c1C(=O)O. The first-order valence-electron chi connectivity index (χ1n) is 5.76. The Kier molecular flexibility index (Phi) is 3.90. The maximum atomic E-state index is 11.3. The van der Waals surface area contributed by atoms with Gasteiger partial charge in [0.05, 0.1) is 5.69 Å². The van der Waals surface area contributed by atoms with Gasteiger partial charge in [-0.2, -0.15) is 4.73 Å². The summed E-state index contributed by atoms with van der Waals surface area (Å²) in [4.78, 5) is 21.0. The molecule has 0 saturated carbocycles. The highest BCUT2D eigenvalue weighted by molar-refractivity contribution is 9.10. The second kappa shape index (κ2) is 5.44. The van der Waals surface area contributed by atoms with E-state index in [4.69, 9.17) is 4.84 Å². The number of hydrogen-bond donors (Lipinski definition) is 1. The Hall–Kier alpha value is -1.82. The Bertz CT molecular complexity index is 605. The highest BCUT2D eigenvalue weighted by atomic mass is 79.9. The van der Waals surface area contributed by atoms with Crippen LogP contribution >= 0.6 is 15.9 Å². The lowest BCUT2D eigenvalue weighted by atomic mass is 10.2. The number of benzene rings is 1. The van der Waals surface area contributed by atoms with Gasteiger partial charge in [0.15, 0.2) is 11.5 Å². The summed E-state index contributed by atoms with van der Waals surface area (Å²) < 4.78 is 2.22. The normalized spacial score (nSPS) is 10.5. The number of halogens is 1. The van der Waals surface area contributed by atoms with Crippen molar-refractivity contribution < 1.29 is 14.7 Å². The quantitative estimate of drug-likeness (QED) is 0.939. The minimum atomic E-state index is -1.05. The van der Waals surface area contributed by atoms with Crippen LogP contribution in [0, 0.1) is 6.92 Å². The van der Waals surface area contributed by atoms with E-state index in [9.17, 15) is 9.90 Å². The number of carboxylic acid groups (broad SMARTS) is 1. The van der Waals surface area contributed by atoms with Crippen molar-refractivity contribution in [2.24, 2.45) is 0 Å². The molecule has 1 aromatic carbocycles. The van der Waals surface area contributed by atoms with Gasteiger partial charge in [-0.15, -0.1) is 0 Å². The van der Waals surface area contributed by atoms with Crippen molar-refractivity contribution in [1.29, 1.82) is 0 Å². The standard InChI is InChI=1S/C13H13BrN2O3/c1-3-19-16-11(13(17)18)8(2)15-12(16)9-4-6-10(14)7-5-9/h4-7H,3H2,1-2H3,(H,17,18). The molecular weight excluding hydrogens is 312 g/mol. The third-order valence-corrected chi connectivity index (χ3v) is 3.10. The number of hydrogen-bond acceptors (Lipinski definition) is 3. The Morgan fingerprint density at radius 1 is 1.42 bits per heavy atom. The van der Waals surface area contributed by atoms with Gasteiger partial charge in [0.25, 0.3) is 0 Å². The molecule has 0 amide bonds. The smallest absolute Gasteiger partial charge is 0.357 e. The lowest BCUT2D eigenvalue weighted by molar-refractivity contribution is 0.0611. The average molecular weight is 325 g/mol. The number of aromatic carboxylic acids is 1. The van der Waals surface area contributed by atoms with Gasteiger partial charge in [0.1, 0.15) is 6.61 Å². The van der Waals surface area contributed by atoms with E-state index in [1.807, 2.05) is 24.3 Å².